The van der Waals surface area contributed by atoms with Gasteiger partial charge in [0.15, 0.2) is 0 Å². The van der Waals surface area contributed by atoms with Crippen LogP contribution >= 0.6 is 0 Å². The molecule has 12 heteroatoms. The fourth-order valence-electron chi connectivity index (χ4n) is 10.7. The van der Waals surface area contributed by atoms with Gasteiger partial charge in [-0.15, -0.1) is 0 Å². The van der Waals surface area contributed by atoms with Crippen LogP contribution in [-0.2, 0) is 16.2 Å². The summed E-state index contributed by atoms with van der Waals surface area (Å²) in [6, 6.07) is 18.0. The van der Waals surface area contributed by atoms with E-state index < -0.39 is 35.5 Å². The van der Waals surface area contributed by atoms with Crippen LogP contribution in [0.5, 0.6) is 5.75 Å². The number of nitrogens with one attached hydrogen (secondary N) is 2. The van der Waals surface area contributed by atoms with Gasteiger partial charge < -0.3 is 36.0 Å². The molecule has 1 aliphatic heterocycles. The Morgan fingerprint density at radius 1 is 1.09 bits per heavy atom. The van der Waals surface area contributed by atoms with E-state index in [1.165, 1.54) is 30.2 Å². The molecule has 0 spiro atoms. The third-order valence-corrected chi connectivity index (χ3v) is 14.1. The van der Waals surface area contributed by atoms with Crippen molar-refractivity contribution in [1.82, 2.24) is 20.6 Å². The van der Waals surface area contributed by atoms with E-state index in [1.54, 1.807) is 13.0 Å². The molecule has 2 amide bonds. The molecule has 1 saturated heterocycles. The lowest BCUT2D eigenvalue weighted by atomic mass is 9.45. The zero-order valence-corrected chi connectivity index (χ0v) is 35.6. The van der Waals surface area contributed by atoms with Crippen molar-refractivity contribution < 1.29 is 28.7 Å². The lowest BCUT2D eigenvalue weighted by Gasteiger charge is -2.62. The maximum atomic E-state index is 16.2. The molecule has 5 fully saturated rings. The molecule has 11 nitrogen and oxygen atoms in total. The molecule has 3 aromatic carbocycles. The summed E-state index contributed by atoms with van der Waals surface area (Å²) in [6.45, 7) is 9.10. The molecule has 10 atom stereocenters. The first kappa shape index (κ1) is 42.1. The number of ether oxygens (including phenoxy) is 1. The Morgan fingerprint density at radius 3 is 2.41 bits per heavy atom. The smallest absolute Gasteiger partial charge is 0.251 e. The van der Waals surface area contributed by atoms with E-state index in [-0.39, 0.29) is 53.6 Å². The predicted octanol–water partition coefficient (Wildman–Crippen LogP) is 5.41. The number of aliphatic hydroxyl groups excluding tert-OH is 1. The van der Waals surface area contributed by atoms with E-state index in [0.717, 1.165) is 18.5 Å². The SMILES string of the molecule is COc1c(-c2cc(C(=O)NC3(CN(C)C)CC3c3ccccc3)cc(N(C)C)c2)ccc(F)c1CN1O[C@@H](CN)[C@@H]([C@H](C)O)[C@H]1C(=O)N[C@H]1C[C@H]2C[C@@H]([C@@H]1C)C2(C)C. The Morgan fingerprint density at radius 2 is 1.81 bits per heavy atom. The summed E-state index contributed by atoms with van der Waals surface area (Å²) >= 11 is 0. The van der Waals surface area contributed by atoms with E-state index in [0.29, 0.717) is 41.0 Å². The van der Waals surface area contributed by atoms with Gasteiger partial charge in [0.1, 0.15) is 17.6 Å². The van der Waals surface area contributed by atoms with Crippen LogP contribution in [0.1, 0.15) is 74.4 Å². The number of benzene rings is 3. The van der Waals surface area contributed by atoms with Gasteiger partial charge in [-0.1, -0.05) is 51.1 Å². The van der Waals surface area contributed by atoms with Gasteiger partial charge in [0, 0.05) is 67.4 Å². The molecule has 2 bridgehead atoms. The maximum Gasteiger partial charge on any atom is 0.251 e. The first-order valence-corrected chi connectivity index (χ1v) is 20.8. The second kappa shape index (κ2) is 16.2. The van der Waals surface area contributed by atoms with Crippen LogP contribution in [0.15, 0.2) is 60.7 Å². The van der Waals surface area contributed by atoms with E-state index in [9.17, 15) is 14.7 Å². The number of likely N-dealkylation sites (N-methyl/N-ethyl adjacent to an activating group) is 1. The summed E-state index contributed by atoms with van der Waals surface area (Å²) in [7, 11) is 9.34. The second-order valence-corrected chi connectivity index (χ2v) is 18.6. The zero-order chi connectivity index (χ0) is 41.8. The number of carbonyl (C=O) groups is 2. The third-order valence-electron chi connectivity index (χ3n) is 14.1. The van der Waals surface area contributed by atoms with Crippen molar-refractivity contribution in [2.45, 2.75) is 89.3 Å². The summed E-state index contributed by atoms with van der Waals surface area (Å²) in [5.41, 5.74) is 9.88. The molecule has 0 radical (unpaired) electrons. The molecule has 314 valence electrons. The molecule has 2 unspecified atom stereocenters. The molecule has 1 heterocycles. The minimum absolute atomic E-state index is 0.00966. The zero-order valence-electron chi connectivity index (χ0n) is 35.6. The number of nitrogens with two attached hydrogens (primary N) is 1. The van der Waals surface area contributed by atoms with Crippen molar-refractivity contribution in [3.8, 4) is 16.9 Å². The van der Waals surface area contributed by atoms with Gasteiger partial charge in [-0.3, -0.25) is 14.4 Å². The summed E-state index contributed by atoms with van der Waals surface area (Å²) in [5.74, 6) is 0.155. The summed E-state index contributed by atoms with van der Waals surface area (Å²) in [5, 5.41) is 19.2. The quantitative estimate of drug-likeness (QED) is 0.169. The number of hydrogen-bond donors (Lipinski definition) is 4. The van der Waals surface area contributed by atoms with E-state index in [1.807, 2.05) is 69.5 Å². The number of nitrogens with zero attached hydrogens (tertiary/aromatic N) is 3. The van der Waals surface area contributed by atoms with Gasteiger partial charge in [0.05, 0.1) is 31.4 Å². The highest BCUT2D eigenvalue weighted by Gasteiger charge is 2.58. The molecule has 3 aromatic rings. The topological polar surface area (TPSA) is 133 Å². The number of hydroxylamine groups is 2. The van der Waals surface area contributed by atoms with Crippen molar-refractivity contribution >= 4 is 17.5 Å². The van der Waals surface area contributed by atoms with Gasteiger partial charge in [-0.05, 0) is 105 Å². The highest BCUT2D eigenvalue weighted by Crippen LogP contribution is 2.61. The lowest BCUT2D eigenvalue weighted by Crippen LogP contribution is -2.62. The summed E-state index contributed by atoms with van der Waals surface area (Å²) < 4.78 is 22.2. The minimum Gasteiger partial charge on any atom is -0.496 e. The Hall–Kier alpha value is -4.07. The van der Waals surface area contributed by atoms with Crippen molar-refractivity contribution in [2.24, 2.45) is 34.8 Å². The van der Waals surface area contributed by atoms with Crippen LogP contribution in [0, 0.1) is 34.9 Å². The van der Waals surface area contributed by atoms with Crippen LogP contribution in [0.4, 0.5) is 10.1 Å². The number of carbonyl (C=O) groups excluding carboxylic acids is 2. The Kier molecular flexibility index (Phi) is 11.7. The average Bonchev–Trinajstić information content (AvgIpc) is 3.73. The number of rotatable bonds is 14. The van der Waals surface area contributed by atoms with Gasteiger partial charge in [-0.2, -0.15) is 5.06 Å². The first-order chi connectivity index (χ1) is 27.5. The minimum atomic E-state index is -0.927. The average molecular weight is 799 g/mol. The van der Waals surface area contributed by atoms with Crippen molar-refractivity contribution in [3.63, 3.8) is 0 Å². The number of hydrogen-bond acceptors (Lipinski definition) is 9. The van der Waals surface area contributed by atoms with Crippen molar-refractivity contribution in [2.75, 3.05) is 53.3 Å². The maximum absolute atomic E-state index is 16.2. The number of halogens is 1. The first-order valence-electron chi connectivity index (χ1n) is 20.8. The molecule has 58 heavy (non-hydrogen) atoms. The highest BCUT2D eigenvalue weighted by atomic mass is 19.1. The second-order valence-electron chi connectivity index (χ2n) is 18.6. The van der Waals surface area contributed by atoms with Gasteiger partial charge >= 0.3 is 0 Å². The summed E-state index contributed by atoms with van der Waals surface area (Å²) in [4.78, 5) is 39.0. The van der Waals surface area contributed by atoms with Crippen LogP contribution in [-0.4, -0.2) is 105 Å². The highest BCUT2D eigenvalue weighted by molar-refractivity contribution is 5.98. The fraction of sp³-hybridized carbons (Fsp3) is 0.565. The van der Waals surface area contributed by atoms with Crippen LogP contribution in [0.25, 0.3) is 11.1 Å². The summed E-state index contributed by atoms with van der Waals surface area (Å²) in [6.07, 6.45) is 1.32. The Bertz CT molecular complexity index is 1990. The number of anilines is 1. The molecule has 4 aliphatic carbocycles. The van der Waals surface area contributed by atoms with E-state index in [2.05, 4.69) is 48.4 Å². The van der Waals surface area contributed by atoms with Gasteiger partial charge in [0.2, 0.25) is 5.91 Å². The monoisotopic (exact) mass is 798 g/mol. The number of aliphatic hydroxyl groups is 1. The van der Waals surface area contributed by atoms with Gasteiger partial charge in [-0.25, -0.2) is 4.39 Å². The Labute approximate surface area is 343 Å². The van der Waals surface area contributed by atoms with Crippen LogP contribution < -0.4 is 26.0 Å². The normalized spacial score (nSPS) is 30.4. The van der Waals surface area contributed by atoms with E-state index >= 15 is 4.39 Å². The van der Waals surface area contributed by atoms with E-state index in [4.69, 9.17) is 15.3 Å². The Balaban J connectivity index is 1.19. The van der Waals surface area contributed by atoms with Crippen molar-refractivity contribution in [3.05, 3.63) is 83.2 Å². The number of methoxy groups -OCH3 is 1. The van der Waals surface area contributed by atoms with Crippen molar-refractivity contribution in [1.29, 1.82) is 0 Å². The number of fused-ring (bicyclic) bond motifs is 2. The van der Waals surface area contributed by atoms with Crippen LogP contribution in [0.3, 0.4) is 0 Å². The van der Waals surface area contributed by atoms with Crippen LogP contribution in [0.2, 0.25) is 0 Å². The largest absolute Gasteiger partial charge is 0.496 e. The molecule has 4 saturated carbocycles. The standard InChI is InChI=1S/C46H63FN6O5/c1-26-35-20-31(45(35,3)4)21-38(26)49-44(56)41-40(27(2)54)39(23-48)58-53(41)24-34-37(47)16-15-33(42(34)57-9)29-17-30(19-32(18-29)52(7)8)43(55)50-46(25-51(5)6)22-36(46)28-13-11-10-12-14-28/h10-19,26-27,31,35-36,38-41,54H,20-25,48H2,1-9H3,(H,49,56)(H,50,55)/t26-,27-,31+,35-,36?,38-,39-,40+,41-,46?/m0/s1. The number of amides is 2. The third kappa shape index (κ3) is 7.74. The molecule has 5 aliphatic rings. The van der Waals surface area contributed by atoms with Gasteiger partial charge in [0.25, 0.3) is 5.91 Å². The predicted molar refractivity (Wildman–Crippen MR) is 225 cm³/mol. The lowest BCUT2D eigenvalue weighted by molar-refractivity contribution is -0.176. The molecule has 5 N–H and O–H groups in total. The fourth-order valence-corrected chi connectivity index (χ4v) is 10.7. The molecule has 8 rings (SSSR count). The molecule has 0 aromatic heterocycles. The molecular weight excluding hydrogens is 736 g/mol. The molecular formula is C46H63FN6O5.